The highest BCUT2D eigenvalue weighted by Crippen LogP contribution is 2.67. The highest BCUT2D eigenvalue weighted by atomic mass is 35.5. The minimum absolute atomic E-state index is 0.0202. The van der Waals surface area contributed by atoms with E-state index >= 15 is 0 Å². The van der Waals surface area contributed by atoms with E-state index < -0.39 is 0 Å². The maximum Gasteiger partial charge on any atom is 0.323 e. The first-order valence-electron chi connectivity index (χ1n) is 12.1. The molecule has 170 valence electrons. The Hall–Kier alpha value is -1.34. The van der Waals surface area contributed by atoms with Gasteiger partial charge in [-0.05, 0) is 86.3 Å². The summed E-state index contributed by atoms with van der Waals surface area (Å²) >= 11 is 13.0. The van der Waals surface area contributed by atoms with E-state index in [1.807, 2.05) is 7.05 Å². The van der Waals surface area contributed by atoms with Gasteiger partial charge in [0.25, 0.3) is 0 Å². The Kier molecular flexibility index (Phi) is 5.14. The number of rotatable bonds is 1. The SMILES string of the molecule is CC1=C2[C@](C)(CCC(=O)[N+]2(C)c2c(Cl)cc(Cl)cc2C#N)[C@H]2CC[C@]3(C)CCC[C@H]3[C@@H]2C1. The molecule has 3 fully saturated rings. The molecule has 1 amide bonds. The van der Waals surface area contributed by atoms with Crippen LogP contribution in [0.5, 0.6) is 0 Å². The van der Waals surface area contributed by atoms with Gasteiger partial charge in [0.2, 0.25) is 0 Å². The first-order valence-corrected chi connectivity index (χ1v) is 12.8. The number of allylic oxidation sites excluding steroid dienone is 2. The predicted octanol–water partition coefficient (Wildman–Crippen LogP) is 7.64. The van der Waals surface area contributed by atoms with Crippen LogP contribution in [0.25, 0.3) is 0 Å². The molecule has 0 spiro atoms. The van der Waals surface area contributed by atoms with Crippen LogP contribution in [0, 0.1) is 39.9 Å². The fourth-order valence-electron chi connectivity index (χ4n) is 8.72. The van der Waals surface area contributed by atoms with Crippen LogP contribution in [0.1, 0.15) is 77.7 Å². The second-order valence-corrected chi connectivity index (χ2v) is 12.4. The molecule has 0 radical (unpaired) electrons. The molecule has 4 aliphatic rings. The van der Waals surface area contributed by atoms with Crippen molar-refractivity contribution in [2.24, 2.45) is 28.6 Å². The molecule has 1 saturated heterocycles. The van der Waals surface area contributed by atoms with Gasteiger partial charge in [-0.25, -0.2) is 4.79 Å². The van der Waals surface area contributed by atoms with Gasteiger partial charge in [0.1, 0.15) is 22.4 Å². The van der Waals surface area contributed by atoms with Crippen LogP contribution in [-0.4, -0.2) is 13.0 Å². The van der Waals surface area contributed by atoms with Crippen LogP contribution in [0.4, 0.5) is 5.69 Å². The lowest BCUT2D eigenvalue weighted by Crippen LogP contribution is -2.63. The first kappa shape index (κ1) is 22.5. The van der Waals surface area contributed by atoms with Gasteiger partial charge in [0.05, 0.1) is 13.5 Å². The zero-order valence-corrected chi connectivity index (χ0v) is 21.1. The number of piperidine rings is 1. The van der Waals surface area contributed by atoms with Crippen molar-refractivity contribution >= 4 is 34.8 Å². The maximum absolute atomic E-state index is 13.7. The van der Waals surface area contributed by atoms with Crippen LogP contribution in [0.2, 0.25) is 10.0 Å². The molecule has 1 aliphatic heterocycles. The standard InChI is InChI=1S/C27H33Cl2N2O/c1-16-12-19-20-6-5-9-26(20,2)10-7-21(19)27(3)11-8-23(32)31(4,25(16)27)24-17(15-30)13-18(28)14-22(24)29/h13-14,19-21H,5-12H2,1-4H3/q+1/t19-,20-,21-,26-,27+,31?/m0/s1. The van der Waals surface area contributed by atoms with E-state index in [0.717, 1.165) is 18.8 Å². The summed E-state index contributed by atoms with van der Waals surface area (Å²) in [5.41, 5.74) is 3.95. The number of hydrogen-bond acceptors (Lipinski definition) is 2. The number of amides is 1. The third kappa shape index (κ3) is 2.85. The molecule has 6 atom stereocenters. The zero-order valence-electron chi connectivity index (χ0n) is 19.6. The number of benzene rings is 1. The minimum atomic E-state index is -0.0602. The average Bonchev–Trinajstić information content (AvgIpc) is 3.12. The highest BCUT2D eigenvalue weighted by molar-refractivity contribution is 6.37. The molecule has 32 heavy (non-hydrogen) atoms. The number of carbonyl (C=O) groups excluding carboxylic acids is 1. The summed E-state index contributed by atoms with van der Waals surface area (Å²) in [7, 11) is 1.97. The Morgan fingerprint density at radius 2 is 1.88 bits per heavy atom. The Morgan fingerprint density at radius 1 is 1.12 bits per heavy atom. The fraction of sp³-hybridized carbons (Fsp3) is 0.630. The summed E-state index contributed by atoms with van der Waals surface area (Å²) in [4.78, 5) is 13.7. The van der Waals surface area contributed by atoms with Crippen molar-refractivity contribution in [1.29, 1.82) is 5.26 Å². The number of fused-ring (bicyclic) bond motifs is 5. The highest BCUT2D eigenvalue weighted by Gasteiger charge is 2.63. The number of quaternary nitrogens is 1. The molecule has 2 saturated carbocycles. The van der Waals surface area contributed by atoms with Crippen LogP contribution >= 0.6 is 23.2 Å². The Morgan fingerprint density at radius 3 is 2.59 bits per heavy atom. The van der Waals surface area contributed by atoms with Crippen molar-refractivity contribution in [2.45, 2.75) is 72.1 Å². The normalized spacial score (nSPS) is 41.0. The van der Waals surface area contributed by atoms with Crippen molar-refractivity contribution in [2.75, 3.05) is 7.05 Å². The van der Waals surface area contributed by atoms with Crippen LogP contribution in [0.3, 0.4) is 0 Å². The fourth-order valence-corrected chi connectivity index (χ4v) is 9.39. The largest absolute Gasteiger partial charge is 0.323 e. The summed E-state index contributed by atoms with van der Waals surface area (Å²) in [6.45, 7) is 7.16. The average molecular weight is 472 g/mol. The van der Waals surface area contributed by atoms with Gasteiger partial charge >= 0.3 is 5.91 Å². The van der Waals surface area contributed by atoms with Crippen LogP contribution < -0.4 is 4.48 Å². The molecule has 0 aromatic heterocycles. The molecule has 5 heteroatoms. The number of halogens is 2. The lowest BCUT2D eigenvalue weighted by Gasteiger charge is -2.59. The van der Waals surface area contributed by atoms with E-state index in [4.69, 9.17) is 23.2 Å². The number of nitrogens with zero attached hydrogens (tertiary/aromatic N) is 2. The van der Waals surface area contributed by atoms with Gasteiger partial charge in [-0.15, -0.1) is 0 Å². The third-order valence-electron chi connectivity index (χ3n) is 9.92. The number of likely N-dealkylation sites (tertiary alicyclic amines) is 1. The Labute approximate surface area is 202 Å². The molecule has 0 N–H and O–H groups in total. The molecule has 5 rings (SSSR count). The van der Waals surface area contributed by atoms with E-state index in [0.29, 0.717) is 45.0 Å². The van der Waals surface area contributed by atoms with Crippen LogP contribution in [-0.2, 0) is 4.79 Å². The van der Waals surface area contributed by atoms with Gasteiger partial charge in [-0.3, -0.25) is 0 Å². The number of hydrogen-bond donors (Lipinski definition) is 0. The second-order valence-electron chi connectivity index (χ2n) is 11.5. The van der Waals surface area contributed by atoms with Gasteiger partial charge in [0.15, 0.2) is 5.69 Å². The topological polar surface area (TPSA) is 40.9 Å². The van der Waals surface area contributed by atoms with Crippen molar-refractivity contribution in [1.82, 2.24) is 4.48 Å². The van der Waals surface area contributed by atoms with Crippen molar-refractivity contribution in [3.8, 4) is 6.07 Å². The second kappa shape index (κ2) is 7.33. The van der Waals surface area contributed by atoms with Gasteiger partial charge < -0.3 is 0 Å². The third-order valence-corrected chi connectivity index (χ3v) is 10.4. The molecule has 0 bridgehead atoms. The monoisotopic (exact) mass is 471 g/mol. The quantitative estimate of drug-likeness (QED) is 0.394. The molecule has 3 aliphatic carbocycles. The lowest BCUT2D eigenvalue weighted by molar-refractivity contribution is -0.135. The van der Waals surface area contributed by atoms with Crippen LogP contribution in [0.15, 0.2) is 23.4 Å². The van der Waals surface area contributed by atoms with Gasteiger partial charge in [-0.2, -0.15) is 9.74 Å². The summed E-state index contributed by atoms with van der Waals surface area (Å²) in [6, 6.07) is 5.60. The smallest absolute Gasteiger partial charge is 0.230 e. The van der Waals surface area contributed by atoms with Gasteiger partial charge in [-0.1, -0.05) is 43.5 Å². The van der Waals surface area contributed by atoms with Gasteiger partial charge in [0, 0.05) is 10.4 Å². The van der Waals surface area contributed by atoms with E-state index in [2.05, 4.69) is 26.8 Å². The summed E-state index contributed by atoms with van der Waals surface area (Å²) in [6.07, 6.45) is 9.07. The van der Waals surface area contributed by atoms with Crippen molar-refractivity contribution < 1.29 is 4.79 Å². The van der Waals surface area contributed by atoms with Crippen molar-refractivity contribution in [3.63, 3.8) is 0 Å². The molecular formula is C27H33Cl2N2O+. The van der Waals surface area contributed by atoms with E-state index in [-0.39, 0.29) is 15.8 Å². The molecule has 1 aromatic rings. The maximum atomic E-state index is 13.7. The van der Waals surface area contributed by atoms with E-state index in [9.17, 15) is 10.1 Å². The Balaban J connectivity index is 1.72. The summed E-state index contributed by atoms with van der Waals surface area (Å²) in [5, 5.41) is 10.8. The minimum Gasteiger partial charge on any atom is -0.230 e. The zero-order chi connectivity index (χ0) is 23.1. The first-order chi connectivity index (χ1) is 15.1. The summed E-state index contributed by atoms with van der Waals surface area (Å²) in [5.74, 6) is 2.19. The number of carbonyl (C=O) groups is 1. The predicted molar refractivity (Wildman–Crippen MR) is 130 cm³/mol. The molecule has 3 nitrogen and oxygen atoms in total. The van der Waals surface area contributed by atoms with E-state index in [1.54, 1.807) is 12.1 Å². The number of nitriles is 1. The van der Waals surface area contributed by atoms with Crippen molar-refractivity contribution in [3.05, 3.63) is 39.0 Å². The lowest BCUT2D eigenvalue weighted by atomic mass is 9.48. The molecule has 1 aromatic carbocycles. The Bertz CT molecular complexity index is 1090. The van der Waals surface area contributed by atoms with E-state index in [1.165, 1.54) is 43.4 Å². The molecular weight excluding hydrogens is 439 g/mol. The molecule has 1 heterocycles. The summed E-state index contributed by atoms with van der Waals surface area (Å²) < 4.78 is 0.0202. The molecule has 1 unspecified atom stereocenters.